The molecule has 0 aliphatic carbocycles. The first-order chi connectivity index (χ1) is 21.8. The fourth-order valence-corrected chi connectivity index (χ4v) is 9.70. The van der Waals surface area contributed by atoms with Crippen LogP contribution in [0.3, 0.4) is 0 Å². The molecule has 244 valence electrons. The Labute approximate surface area is 270 Å². The minimum atomic E-state index is -0.917. The molecule has 0 radical (unpaired) electrons. The van der Waals surface area contributed by atoms with E-state index in [0.29, 0.717) is 39.5 Å². The largest absolute Gasteiger partial charge is 0.494 e. The SMILES string of the molecule is CCOc1ccc(N2CC=C[C@@H]3S[C@]45C=CCN(CCN6CCOCC6)C(=O)C4N([C@@H](CO)[C@@H](C)CC)C(=O)[C@@H]5[C@@H]3C2=O)cc1. The predicted octanol–water partition coefficient (Wildman–Crippen LogP) is 2.42. The molecular weight excluding hydrogens is 592 g/mol. The van der Waals surface area contributed by atoms with E-state index in [2.05, 4.69) is 17.1 Å². The van der Waals surface area contributed by atoms with Crippen LogP contribution in [0.2, 0.25) is 0 Å². The van der Waals surface area contributed by atoms with Gasteiger partial charge in [0.2, 0.25) is 17.7 Å². The van der Waals surface area contributed by atoms with Crippen LogP contribution < -0.4 is 9.64 Å². The van der Waals surface area contributed by atoms with Crippen LogP contribution in [0, 0.1) is 17.8 Å². The van der Waals surface area contributed by atoms with Crippen molar-refractivity contribution in [2.45, 2.75) is 49.3 Å². The zero-order valence-electron chi connectivity index (χ0n) is 26.5. The van der Waals surface area contributed by atoms with Crippen LogP contribution in [0.25, 0.3) is 0 Å². The fraction of sp³-hybridized carbons (Fsp3) is 0.618. The number of hydrogen-bond acceptors (Lipinski definition) is 8. The van der Waals surface area contributed by atoms with Crippen molar-refractivity contribution >= 4 is 35.2 Å². The van der Waals surface area contributed by atoms with Crippen molar-refractivity contribution in [3.8, 4) is 5.75 Å². The van der Waals surface area contributed by atoms with Crippen LogP contribution in [0.5, 0.6) is 5.75 Å². The lowest BCUT2D eigenvalue weighted by molar-refractivity contribution is -0.146. The number of nitrogens with zero attached hydrogens (tertiary/aromatic N) is 4. The summed E-state index contributed by atoms with van der Waals surface area (Å²) in [6, 6.07) is 6.15. The number of aliphatic hydroxyl groups excluding tert-OH is 1. The molecule has 3 fully saturated rings. The number of thioether (sulfide) groups is 1. The molecule has 3 amide bonds. The molecule has 7 atom stereocenters. The van der Waals surface area contributed by atoms with E-state index in [4.69, 9.17) is 9.47 Å². The number of benzene rings is 1. The van der Waals surface area contributed by atoms with Gasteiger partial charge >= 0.3 is 0 Å². The maximum absolute atomic E-state index is 14.8. The van der Waals surface area contributed by atoms with Gasteiger partial charge < -0.3 is 29.3 Å². The lowest BCUT2D eigenvalue weighted by atomic mass is 9.78. The predicted molar refractivity (Wildman–Crippen MR) is 174 cm³/mol. The highest BCUT2D eigenvalue weighted by molar-refractivity contribution is 8.02. The topological polar surface area (TPSA) is 103 Å². The summed E-state index contributed by atoms with van der Waals surface area (Å²) in [5, 5.41) is 10.4. The Morgan fingerprint density at radius 3 is 2.47 bits per heavy atom. The number of ether oxygens (including phenoxy) is 2. The monoisotopic (exact) mass is 638 g/mol. The highest BCUT2D eigenvalue weighted by atomic mass is 32.2. The van der Waals surface area contributed by atoms with E-state index in [1.165, 1.54) is 0 Å². The van der Waals surface area contributed by atoms with Crippen molar-refractivity contribution in [3.05, 3.63) is 48.6 Å². The maximum atomic E-state index is 14.8. The summed E-state index contributed by atoms with van der Waals surface area (Å²) < 4.78 is 10.2. The molecule has 10 nitrogen and oxygen atoms in total. The third-order valence-corrected chi connectivity index (χ3v) is 12.0. The van der Waals surface area contributed by atoms with Crippen molar-refractivity contribution in [2.24, 2.45) is 17.8 Å². The highest BCUT2D eigenvalue weighted by Gasteiger charge is 2.72. The van der Waals surface area contributed by atoms with Gasteiger partial charge in [0.25, 0.3) is 0 Å². The summed E-state index contributed by atoms with van der Waals surface area (Å²) in [5.41, 5.74) is 0.744. The van der Waals surface area contributed by atoms with Gasteiger partial charge in [-0.2, -0.15) is 0 Å². The Bertz CT molecular complexity index is 1320. The second-order valence-electron chi connectivity index (χ2n) is 12.7. The fourth-order valence-electron chi connectivity index (χ4n) is 7.70. The Kier molecular flexibility index (Phi) is 9.61. The minimum absolute atomic E-state index is 0.0254. The third kappa shape index (κ3) is 5.70. The number of likely N-dealkylation sites (tertiary alicyclic amines) is 1. The van der Waals surface area contributed by atoms with Gasteiger partial charge in [-0.15, -0.1) is 11.8 Å². The third-order valence-electron chi connectivity index (χ3n) is 10.3. The lowest BCUT2D eigenvalue weighted by Crippen LogP contribution is -2.58. The number of morpholine rings is 1. The molecule has 0 saturated carbocycles. The number of aliphatic hydroxyl groups is 1. The number of anilines is 1. The first kappa shape index (κ1) is 32.1. The Morgan fingerprint density at radius 2 is 1.78 bits per heavy atom. The van der Waals surface area contributed by atoms with E-state index in [1.807, 2.05) is 62.1 Å². The average Bonchev–Trinajstić information content (AvgIpc) is 3.37. The molecular formula is C34H46N4O6S. The summed E-state index contributed by atoms with van der Waals surface area (Å²) in [6.07, 6.45) is 8.89. The number of amides is 3. The molecule has 1 unspecified atom stereocenters. The van der Waals surface area contributed by atoms with Crippen LogP contribution >= 0.6 is 11.8 Å². The van der Waals surface area contributed by atoms with Gasteiger partial charge in [0, 0.05) is 50.2 Å². The number of carbonyl (C=O) groups is 3. The standard InChI is InChI=1S/C34H46N4O6S/c1-4-23(3)26(22-39)38-30-33(42)36(17-16-35-18-20-43-21-19-35)14-7-13-34(30)29(32(38)41)28-27(45-34)8-6-15-37(31(28)40)24-9-11-25(12-10-24)44-5-2/h6-13,23,26-30,39H,4-5,14-22H2,1-3H3/t23-,26-,27-,28+,29-,30?,34-/m0/s1. The van der Waals surface area contributed by atoms with E-state index in [-0.39, 0.29) is 35.5 Å². The van der Waals surface area contributed by atoms with Gasteiger partial charge in [0.15, 0.2) is 0 Å². The zero-order valence-corrected chi connectivity index (χ0v) is 27.4. The maximum Gasteiger partial charge on any atom is 0.247 e. The molecule has 3 saturated heterocycles. The molecule has 1 aromatic carbocycles. The molecule has 1 spiro atoms. The number of hydrogen-bond donors (Lipinski definition) is 1. The second-order valence-corrected chi connectivity index (χ2v) is 14.2. The summed E-state index contributed by atoms with van der Waals surface area (Å²) >= 11 is 1.58. The normalized spacial score (nSPS) is 31.4. The van der Waals surface area contributed by atoms with Gasteiger partial charge in [0.05, 0.1) is 49.1 Å². The van der Waals surface area contributed by atoms with Crippen LogP contribution in [-0.4, -0.2) is 125 Å². The molecule has 0 bridgehead atoms. The van der Waals surface area contributed by atoms with E-state index >= 15 is 0 Å². The zero-order chi connectivity index (χ0) is 31.7. The van der Waals surface area contributed by atoms with Crippen LogP contribution in [-0.2, 0) is 19.1 Å². The molecule has 5 aliphatic rings. The second kappa shape index (κ2) is 13.5. The van der Waals surface area contributed by atoms with Crippen molar-refractivity contribution in [2.75, 3.05) is 70.6 Å². The van der Waals surface area contributed by atoms with Crippen molar-refractivity contribution in [1.29, 1.82) is 0 Å². The van der Waals surface area contributed by atoms with Gasteiger partial charge in [-0.1, -0.05) is 44.6 Å². The average molecular weight is 639 g/mol. The van der Waals surface area contributed by atoms with Crippen molar-refractivity contribution in [1.82, 2.24) is 14.7 Å². The van der Waals surface area contributed by atoms with Gasteiger partial charge in [-0.3, -0.25) is 19.3 Å². The lowest BCUT2D eigenvalue weighted by Gasteiger charge is -2.40. The van der Waals surface area contributed by atoms with Crippen LogP contribution in [0.15, 0.2) is 48.6 Å². The molecule has 0 aromatic heterocycles. The molecule has 5 aliphatic heterocycles. The Hall–Kier alpha value is -2.86. The van der Waals surface area contributed by atoms with Gasteiger partial charge in [-0.05, 0) is 37.1 Å². The molecule has 1 aromatic rings. The van der Waals surface area contributed by atoms with E-state index in [0.717, 1.165) is 37.5 Å². The number of fused-ring (bicyclic) bond motifs is 2. The summed E-state index contributed by atoms with van der Waals surface area (Å²) in [5.74, 6) is -1.09. The smallest absolute Gasteiger partial charge is 0.247 e. The van der Waals surface area contributed by atoms with E-state index in [9.17, 15) is 19.5 Å². The minimum Gasteiger partial charge on any atom is -0.494 e. The van der Waals surface area contributed by atoms with E-state index < -0.39 is 28.7 Å². The first-order valence-corrected chi connectivity index (χ1v) is 17.3. The molecule has 5 heterocycles. The van der Waals surface area contributed by atoms with Crippen molar-refractivity contribution < 1.29 is 29.0 Å². The quantitative estimate of drug-likeness (QED) is 0.390. The molecule has 11 heteroatoms. The number of rotatable bonds is 10. The summed E-state index contributed by atoms with van der Waals surface area (Å²) in [7, 11) is 0. The number of carbonyl (C=O) groups excluding carboxylic acids is 3. The Balaban J connectivity index is 1.36. The van der Waals surface area contributed by atoms with Crippen molar-refractivity contribution in [3.63, 3.8) is 0 Å². The van der Waals surface area contributed by atoms with Gasteiger partial charge in [0.1, 0.15) is 11.8 Å². The van der Waals surface area contributed by atoms with Gasteiger partial charge in [-0.25, -0.2) is 0 Å². The molecule has 1 N–H and O–H groups in total. The van der Waals surface area contributed by atoms with Crippen LogP contribution in [0.1, 0.15) is 27.2 Å². The Morgan fingerprint density at radius 1 is 1.02 bits per heavy atom. The highest BCUT2D eigenvalue weighted by Crippen LogP contribution is 2.61. The summed E-state index contributed by atoms with van der Waals surface area (Å²) in [4.78, 5) is 51.6. The van der Waals surface area contributed by atoms with E-state index in [1.54, 1.807) is 21.6 Å². The molecule has 45 heavy (non-hydrogen) atoms. The molecule has 6 rings (SSSR count). The summed E-state index contributed by atoms with van der Waals surface area (Å²) in [6.45, 7) is 11.4. The first-order valence-electron chi connectivity index (χ1n) is 16.4. The van der Waals surface area contributed by atoms with Crippen LogP contribution in [0.4, 0.5) is 5.69 Å².